The molecule has 0 spiro atoms. The highest BCUT2D eigenvalue weighted by molar-refractivity contribution is 7.89. The Bertz CT molecular complexity index is 1110. The van der Waals surface area contributed by atoms with Crippen LogP contribution in [0.5, 0.6) is 5.75 Å². The first-order valence-electron chi connectivity index (χ1n) is 10.00. The molecule has 1 amide bonds. The first kappa shape index (κ1) is 24.5. The van der Waals surface area contributed by atoms with E-state index in [-0.39, 0.29) is 29.8 Å². The molecule has 0 unspecified atom stereocenters. The minimum Gasteiger partial charge on any atom is -0.489 e. The second-order valence-corrected chi connectivity index (χ2v) is 10.0. The van der Waals surface area contributed by atoms with Gasteiger partial charge in [-0.2, -0.15) is 4.31 Å². The number of nitrogens with zero attached hydrogens (tertiary/aromatic N) is 1. The molecule has 1 aliphatic rings. The Hall–Kier alpha value is -2.10. The zero-order chi connectivity index (χ0) is 23.3. The third-order valence-electron chi connectivity index (χ3n) is 4.58. The summed E-state index contributed by atoms with van der Waals surface area (Å²) in [6.45, 7) is 4.91. The third-order valence-corrected chi connectivity index (χ3v) is 7.30. The van der Waals surface area contributed by atoms with Crippen molar-refractivity contribution in [1.82, 2.24) is 4.31 Å². The van der Waals surface area contributed by atoms with Gasteiger partial charge in [0.25, 0.3) is 0 Å². The van der Waals surface area contributed by atoms with Gasteiger partial charge in [-0.15, -0.1) is 0 Å². The smallest absolute Gasteiger partial charge is 0.248 e. The van der Waals surface area contributed by atoms with Crippen LogP contribution in [0.3, 0.4) is 0 Å². The number of morpholine rings is 1. The Labute approximate surface area is 198 Å². The van der Waals surface area contributed by atoms with Crippen LogP contribution in [0.25, 0.3) is 6.08 Å². The maximum absolute atomic E-state index is 13.0. The summed E-state index contributed by atoms with van der Waals surface area (Å²) in [6, 6.07) is 9.51. The number of hydrogen-bond acceptors (Lipinski definition) is 5. The van der Waals surface area contributed by atoms with Crippen LogP contribution >= 0.6 is 23.2 Å². The van der Waals surface area contributed by atoms with Crippen LogP contribution < -0.4 is 10.1 Å². The van der Waals surface area contributed by atoms with E-state index < -0.39 is 15.9 Å². The van der Waals surface area contributed by atoms with E-state index in [9.17, 15) is 13.2 Å². The van der Waals surface area contributed by atoms with Crippen LogP contribution in [0, 0.1) is 0 Å². The van der Waals surface area contributed by atoms with Gasteiger partial charge < -0.3 is 14.8 Å². The highest BCUT2D eigenvalue weighted by atomic mass is 35.5. The van der Waals surface area contributed by atoms with Crippen LogP contribution in [0.1, 0.15) is 19.4 Å². The van der Waals surface area contributed by atoms with E-state index in [1.807, 2.05) is 13.8 Å². The van der Waals surface area contributed by atoms with Gasteiger partial charge >= 0.3 is 0 Å². The van der Waals surface area contributed by atoms with Gasteiger partial charge in [-0.1, -0.05) is 35.3 Å². The highest BCUT2D eigenvalue weighted by Crippen LogP contribution is 2.31. The van der Waals surface area contributed by atoms with Gasteiger partial charge in [0.2, 0.25) is 15.9 Å². The minimum atomic E-state index is -3.73. The summed E-state index contributed by atoms with van der Waals surface area (Å²) >= 11 is 12.1. The lowest BCUT2D eigenvalue weighted by Crippen LogP contribution is -2.40. The van der Waals surface area contributed by atoms with E-state index in [2.05, 4.69) is 5.32 Å². The number of anilines is 1. The number of amides is 1. The fourth-order valence-electron chi connectivity index (χ4n) is 3.05. The molecule has 0 radical (unpaired) electrons. The molecule has 2 aromatic rings. The predicted molar refractivity (Wildman–Crippen MR) is 126 cm³/mol. The Morgan fingerprint density at radius 2 is 1.91 bits per heavy atom. The second-order valence-electron chi connectivity index (χ2n) is 7.31. The summed E-state index contributed by atoms with van der Waals surface area (Å²) in [5.74, 6) is -0.112. The van der Waals surface area contributed by atoms with E-state index >= 15 is 0 Å². The first-order chi connectivity index (χ1) is 15.2. The molecule has 0 saturated carbocycles. The third kappa shape index (κ3) is 6.02. The van der Waals surface area contributed by atoms with E-state index in [1.54, 1.807) is 24.3 Å². The van der Waals surface area contributed by atoms with E-state index in [0.717, 1.165) is 0 Å². The molecular formula is C22H24Cl2N2O5S. The number of hydrogen-bond donors (Lipinski definition) is 1. The molecule has 7 nitrogen and oxygen atoms in total. The Morgan fingerprint density at radius 3 is 2.59 bits per heavy atom. The van der Waals surface area contributed by atoms with Gasteiger partial charge in [0.1, 0.15) is 5.75 Å². The average Bonchev–Trinajstić information content (AvgIpc) is 2.76. The minimum absolute atomic E-state index is 0.0627. The molecule has 0 aliphatic carbocycles. The predicted octanol–water partition coefficient (Wildman–Crippen LogP) is 4.45. The molecule has 1 N–H and O–H groups in total. The normalized spacial score (nSPS) is 15.3. The molecular weight excluding hydrogens is 475 g/mol. The molecule has 3 rings (SSSR count). The van der Waals surface area contributed by atoms with Crippen LogP contribution in [-0.4, -0.2) is 51.0 Å². The number of rotatable bonds is 7. The Morgan fingerprint density at radius 1 is 1.19 bits per heavy atom. The van der Waals surface area contributed by atoms with Crippen molar-refractivity contribution < 1.29 is 22.7 Å². The summed E-state index contributed by atoms with van der Waals surface area (Å²) in [4.78, 5) is 12.6. The lowest BCUT2D eigenvalue weighted by molar-refractivity contribution is -0.111. The molecule has 10 heteroatoms. The monoisotopic (exact) mass is 498 g/mol. The van der Waals surface area contributed by atoms with Crippen LogP contribution in [0.2, 0.25) is 10.0 Å². The molecule has 1 heterocycles. The maximum atomic E-state index is 13.0. The van der Waals surface area contributed by atoms with Crippen LogP contribution in [0.4, 0.5) is 5.69 Å². The van der Waals surface area contributed by atoms with Crippen molar-refractivity contribution in [2.45, 2.75) is 24.8 Å². The number of carbonyl (C=O) groups is 1. The number of carbonyl (C=O) groups excluding carboxylic acids is 1. The molecule has 0 atom stereocenters. The summed E-state index contributed by atoms with van der Waals surface area (Å²) < 4.78 is 38.4. The lowest BCUT2D eigenvalue weighted by Gasteiger charge is -2.26. The standard InChI is InChI=1S/C22H24Cl2N2O5S/c1-15(2)31-20-8-7-17(32(28,29)26-10-12-30-13-11-26)14-19(20)25-21(27)9-6-16-4-3-5-18(23)22(16)24/h3-9,14-15H,10-13H2,1-2H3,(H,25,27)/b9-6+. The van der Waals surface area contributed by atoms with Crippen molar-refractivity contribution in [3.8, 4) is 5.75 Å². The largest absolute Gasteiger partial charge is 0.489 e. The number of ether oxygens (including phenoxy) is 2. The zero-order valence-electron chi connectivity index (χ0n) is 17.7. The van der Waals surface area contributed by atoms with E-state index in [0.29, 0.717) is 34.6 Å². The summed E-state index contributed by atoms with van der Waals surface area (Å²) in [5, 5.41) is 3.41. The lowest BCUT2D eigenvalue weighted by atomic mass is 10.2. The molecule has 2 aromatic carbocycles. The van der Waals surface area contributed by atoms with Crippen LogP contribution in [0.15, 0.2) is 47.4 Å². The molecule has 1 aliphatic heterocycles. The quantitative estimate of drug-likeness (QED) is 0.569. The number of sulfonamides is 1. The zero-order valence-corrected chi connectivity index (χ0v) is 20.0. The summed E-state index contributed by atoms with van der Waals surface area (Å²) in [6.07, 6.45) is 2.65. The molecule has 1 fully saturated rings. The second kappa shape index (κ2) is 10.7. The van der Waals surface area contributed by atoms with Crippen molar-refractivity contribution in [3.05, 3.63) is 58.1 Å². The topological polar surface area (TPSA) is 84.9 Å². The van der Waals surface area contributed by atoms with Gasteiger partial charge in [-0.25, -0.2) is 8.42 Å². The summed E-state index contributed by atoms with van der Waals surface area (Å²) in [7, 11) is -3.73. The molecule has 1 saturated heterocycles. The van der Waals surface area contributed by atoms with Gasteiger partial charge in [0, 0.05) is 19.2 Å². The van der Waals surface area contributed by atoms with E-state index in [4.69, 9.17) is 32.7 Å². The maximum Gasteiger partial charge on any atom is 0.248 e. The van der Waals surface area contributed by atoms with Gasteiger partial charge in [0.15, 0.2) is 0 Å². The van der Waals surface area contributed by atoms with Gasteiger partial charge in [-0.3, -0.25) is 4.79 Å². The van der Waals surface area contributed by atoms with Crippen molar-refractivity contribution in [1.29, 1.82) is 0 Å². The SMILES string of the molecule is CC(C)Oc1ccc(S(=O)(=O)N2CCOCC2)cc1NC(=O)/C=C/c1cccc(Cl)c1Cl. The van der Waals surface area contributed by atoms with Crippen molar-refractivity contribution in [2.24, 2.45) is 0 Å². The molecule has 172 valence electrons. The number of benzene rings is 2. The summed E-state index contributed by atoms with van der Waals surface area (Å²) in [5.41, 5.74) is 0.830. The van der Waals surface area contributed by atoms with Crippen LogP contribution in [-0.2, 0) is 19.6 Å². The number of halogens is 2. The van der Waals surface area contributed by atoms with Gasteiger partial charge in [0.05, 0.1) is 39.9 Å². The Balaban J connectivity index is 1.87. The number of nitrogens with one attached hydrogen (secondary N) is 1. The first-order valence-corrected chi connectivity index (χ1v) is 12.2. The highest BCUT2D eigenvalue weighted by Gasteiger charge is 2.27. The molecule has 0 bridgehead atoms. The Kier molecular flexibility index (Phi) is 8.19. The van der Waals surface area contributed by atoms with Crippen molar-refractivity contribution in [2.75, 3.05) is 31.6 Å². The average molecular weight is 499 g/mol. The van der Waals surface area contributed by atoms with Gasteiger partial charge in [-0.05, 0) is 49.8 Å². The fraction of sp³-hybridized carbons (Fsp3) is 0.318. The fourth-order valence-corrected chi connectivity index (χ4v) is 4.85. The molecule has 0 aromatic heterocycles. The molecule has 32 heavy (non-hydrogen) atoms. The van der Waals surface area contributed by atoms with Crippen molar-refractivity contribution >= 4 is 50.9 Å². The van der Waals surface area contributed by atoms with Crippen molar-refractivity contribution in [3.63, 3.8) is 0 Å². The van der Waals surface area contributed by atoms with E-state index in [1.165, 1.54) is 28.6 Å².